The van der Waals surface area contributed by atoms with Crippen LogP contribution >= 0.6 is 0 Å². The van der Waals surface area contributed by atoms with Crippen molar-refractivity contribution in [3.8, 4) is 44.9 Å². The van der Waals surface area contributed by atoms with Gasteiger partial charge in [-0.1, -0.05) is 133 Å². The highest BCUT2D eigenvalue weighted by Gasteiger charge is 2.21. The van der Waals surface area contributed by atoms with Crippen LogP contribution in [0.1, 0.15) is 27.4 Å². The third-order valence-corrected chi connectivity index (χ3v) is 9.28. The summed E-state index contributed by atoms with van der Waals surface area (Å²) >= 11 is 0. The van der Waals surface area contributed by atoms with E-state index in [4.69, 9.17) is 35.3 Å². The van der Waals surface area contributed by atoms with Crippen LogP contribution < -0.4 is 4.90 Å². The second kappa shape index (κ2) is 13.5. The molecule has 3 aromatic heterocycles. The number of aromatic nitrogens is 2. The summed E-state index contributed by atoms with van der Waals surface area (Å²) in [7, 11) is 0. The summed E-state index contributed by atoms with van der Waals surface area (Å²) in [6.07, 6.45) is 0. The Kier molecular flexibility index (Phi) is 4.33. The van der Waals surface area contributed by atoms with Crippen molar-refractivity contribution in [1.29, 1.82) is 0 Å². The van der Waals surface area contributed by atoms with Crippen LogP contribution in [-0.2, 0) is 0 Å². The van der Waals surface area contributed by atoms with Crippen molar-refractivity contribution >= 4 is 61.1 Å². The first kappa shape index (κ1) is 18.2. The molecular weight excluding hydrogens is 699 g/mol. The van der Waals surface area contributed by atoms with Crippen LogP contribution in [0.15, 0.2) is 209 Å². The van der Waals surface area contributed by atoms with Crippen LogP contribution in [0, 0.1) is 0 Å². The minimum absolute atomic E-state index is 0.170. The third kappa shape index (κ3) is 5.72. The zero-order valence-electron chi connectivity index (χ0n) is 49.2. The van der Waals surface area contributed by atoms with Gasteiger partial charge < -0.3 is 13.7 Å². The Morgan fingerprint density at radius 2 is 1.05 bits per heavy atom. The Morgan fingerprint density at radius 1 is 0.421 bits per heavy atom. The molecule has 0 spiro atoms. The minimum Gasteiger partial charge on any atom is -0.455 e. The number of anilines is 3. The average molecular weight is 752 g/mol. The second-order valence-electron chi connectivity index (χ2n) is 12.6. The number of benzene rings is 8. The van der Waals surface area contributed by atoms with E-state index in [1.165, 1.54) is 0 Å². The van der Waals surface area contributed by atoms with E-state index >= 15 is 0 Å². The van der Waals surface area contributed by atoms with Gasteiger partial charge in [0.25, 0.3) is 0 Å². The lowest BCUT2D eigenvalue weighted by Gasteiger charge is -2.25. The predicted octanol–water partition coefficient (Wildman–Crippen LogP) is 14.4. The number of furan rings is 2. The quantitative estimate of drug-likeness (QED) is 0.162. The highest BCUT2D eigenvalue weighted by molar-refractivity contribution is 6.11. The van der Waals surface area contributed by atoms with Crippen molar-refractivity contribution in [2.75, 3.05) is 4.90 Å². The number of fused-ring (bicyclic) bond motifs is 6. The molecule has 8 aromatic carbocycles. The lowest BCUT2D eigenvalue weighted by Crippen LogP contribution is -2.09. The molecule has 0 N–H and O–H groups in total. The maximum Gasteiger partial charge on any atom is 0.180 e. The molecule has 5 heteroatoms. The van der Waals surface area contributed by atoms with Gasteiger partial charge in [-0.3, -0.25) is 0 Å². The fourth-order valence-corrected chi connectivity index (χ4v) is 6.64. The fourth-order valence-electron chi connectivity index (χ4n) is 6.64. The molecule has 3 heterocycles. The molecular formula is C52H33N3O2. The smallest absolute Gasteiger partial charge is 0.180 e. The normalized spacial score (nSPS) is 16.4. The Labute approximate surface area is 356 Å². The zero-order chi connectivity index (χ0) is 55.1. The minimum atomic E-state index is -1.09. The second-order valence-corrected chi connectivity index (χ2v) is 12.6. The first-order valence-electron chi connectivity index (χ1n) is 27.4. The van der Waals surface area contributed by atoms with E-state index in [9.17, 15) is 11.0 Å². The van der Waals surface area contributed by atoms with Crippen molar-refractivity contribution < 1.29 is 36.2 Å². The van der Waals surface area contributed by atoms with Crippen LogP contribution in [-0.4, -0.2) is 9.97 Å². The molecule has 0 unspecified atom stereocenters. The number of hydrogen-bond donors (Lipinski definition) is 0. The molecule has 0 aliphatic rings. The molecule has 268 valence electrons. The van der Waals surface area contributed by atoms with Crippen LogP contribution in [0.5, 0.6) is 0 Å². The number of rotatable bonds is 7. The van der Waals surface area contributed by atoms with Gasteiger partial charge in [0.1, 0.15) is 28.0 Å². The fraction of sp³-hybridized carbons (Fsp3) is 0. The Bertz CT molecular complexity index is 4250. The lowest BCUT2D eigenvalue weighted by atomic mass is 10.0. The van der Waals surface area contributed by atoms with Crippen molar-refractivity contribution in [3.63, 3.8) is 0 Å². The maximum absolute atomic E-state index is 9.58. The molecule has 0 amide bonds. The van der Waals surface area contributed by atoms with Crippen LogP contribution in [0.4, 0.5) is 17.1 Å². The molecule has 11 rings (SSSR count). The van der Waals surface area contributed by atoms with Crippen LogP contribution in [0.2, 0.25) is 0 Å². The summed E-state index contributed by atoms with van der Waals surface area (Å²) in [5.41, 5.74) is -1.49. The standard InChI is InChI=1S/C52H33N3O2/c1-4-13-34(14-5-1)35-23-25-37(26-24-35)48-51-49(44-19-10-11-22-46(44)56-51)54-52(53-48)45-21-12-20-43-42-32-29-38(33-47(42)57-50(43)45)36-27-30-41(31-28-36)55(39-15-6-2-7-16-39)40-17-8-3-9-18-40/h1-33H/i2D,3D,6D,7D,8D,9D,12D,15D,16D,17D,18D,20D,21D,27D,28D,29D,30D,31D,32D,33D. The van der Waals surface area contributed by atoms with E-state index in [0.717, 1.165) is 11.1 Å². The Morgan fingerprint density at radius 3 is 1.81 bits per heavy atom. The van der Waals surface area contributed by atoms with E-state index < -0.39 is 155 Å². The van der Waals surface area contributed by atoms with Gasteiger partial charge in [0.2, 0.25) is 0 Å². The summed E-state index contributed by atoms with van der Waals surface area (Å²) in [6.45, 7) is 0. The average Bonchev–Trinajstić information content (AvgIpc) is 4.04. The predicted molar refractivity (Wildman–Crippen MR) is 233 cm³/mol. The Hall–Kier alpha value is -7.76. The van der Waals surface area contributed by atoms with Gasteiger partial charge in [-0.05, 0) is 88.8 Å². The van der Waals surface area contributed by atoms with E-state index in [-0.39, 0.29) is 33.4 Å². The van der Waals surface area contributed by atoms with Gasteiger partial charge in [0, 0.05) is 38.8 Å². The molecule has 11 aromatic rings. The van der Waals surface area contributed by atoms with Gasteiger partial charge in [-0.15, -0.1) is 0 Å². The summed E-state index contributed by atoms with van der Waals surface area (Å²) in [6, 6.07) is 6.14. The van der Waals surface area contributed by atoms with Crippen molar-refractivity contribution in [2.24, 2.45) is 0 Å². The molecule has 0 aliphatic carbocycles. The van der Waals surface area contributed by atoms with E-state index in [1.807, 2.05) is 54.6 Å². The summed E-state index contributed by atoms with van der Waals surface area (Å²) in [5, 5.41) is -0.0395. The molecule has 0 saturated carbocycles. The monoisotopic (exact) mass is 751 g/mol. The third-order valence-electron chi connectivity index (χ3n) is 9.28. The maximum atomic E-state index is 9.58. The molecule has 0 saturated heterocycles. The summed E-state index contributed by atoms with van der Waals surface area (Å²) < 4.78 is 191. The number of nitrogens with zero attached hydrogens (tertiary/aromatic N) is 3. The van der Waals surface area contributed by atoms with E-state index in [1.54, 1.807) is 24.3 Å². The van der Waals surface area contributed by atoms with Crippen LogP contribution in [0.3, 0.4) is 0 Å². The highest BCUT2D eigenvalue weighted by atomic mass is 16.3. The molecule has 0 atom stereocenters. The zero-order valence-corrected chi connectivity index (χ0v) is 29.2. The van der Waals surface area contributed by atoms with Crippen molar-refractivity contribution in [2.45, 2.75) is 0 Å². The van der Waals surface area contributed by atoms with Gasteiger partial charge >= 0.3 is 0 Å². The van der Waals surface area contributed by atoms with E-state index in [0.29, 0.717) is 32.5 Å². The number of hydrogen-bond acceptors (Lipinski definition) is 5. The SMILES string of the molecule is [2H]c1c([2H])c([2H])c(N(c2c([2H])c([2H])c([2H])c([2H])c2[2H])c2c([2H])c([2H])c(-c3c([2H])c([2H])c4c(oc5c(-c6nc(-c7ccc(-c8ccccc8)cc7)c7oc8ccccc8c7n6)c([2H])c([2H])c([2H])c54)c3[2H])c([2H])c2[2H])c([2H])c1[2H]. The summed E-state index contributed by atoms with van der Waals surface area (Å²) in [5.74, 6) is -0.170. The molecule has 0 radical (unpaired) electrons. The van der Waals surface area contributed by atoms with Gasteiger partial charge in [0.05, 0.1) is 33.0 Å². The Balaban J connectivity index is 1.17. The first-order valence-corrected chi connectivity index (χ1v) is 17.4. The topological polar surface area (TPSA) is 55.3 Å². The number of para-hydroxylation sites is 4. The van der Waals surface area contributed by atoms with E-state index in [2.05, 4.69) is 0 Å². The highest BCUT2D eigenvalue weighted by Crippen LogP contribution is 2.41. The lowest BCUT2D eigenvalue weighted by molar-refractivity contribution is 0.666. The summed E-state index contributed by atoms with van der Waals surface area (Å²) in [4.78, 5) is 10.2. The van der Waals surface area contributed by atoms with Gasteiger partial charge in [-0.25, -0.2) is 9.97 Å². The van der Waals surface area contributed by atoms with Crippen molar-refractivity contribution in [1.82, 2.24) is 9.97 Å². The van der Waals surface area contributed by atoms with Crippen molar-refractivity contribution in [3.05, 3.63) is 200 Å². The van der Waals surface area contributed by atoms with Gasteiger partial charge in [-0.2, -0.15) is 0 Å². The molecule has 0 bridgehead atoms. The van der Waals surface area contributed by atoms with Crippen LogP contribution in [0.25, 0.3) is 88.9 Å². The molecule has 0 fully saturated rings. The molecule has 0 aliphatic heterocycles. The van der Waals surface area contributed by atoms with Gasteiger partial charge in [0.15, 0.2) is 11.4 Å². The largest absolute Gasteiger partial charge is 0.455 e. The molecule has 57 heavy (non-hydrogen) atoms. The molecule has 5 nitrogen and oxygen atoms in total. The first-order chi connectivity index (χ1) is 36.6.